The van der Waals surface area contributed by atoms with E-state index in [1.54, 1.807) is 0 Å². The first kappa shape index (κ1) is 22.8. The Bertz CT molecular complexity index is 292. The minimum Gasteiger partial charge on any atom is -0.412 e. The number of halogens is 1. The largest absolute Gasteiger partial charge is 0.412 e. The van der Waals surface area contributed by atoms with E-state index in [1.165, 1.54) is 8.69 Å². The predicted molar refractivity (Wildman–Crippen MR) is 55.7 cm³/mol. The number of carboxylic acid groups (broad SMARTS) is 1. The fourth-order valence-electron chi connectivity index (χ4n) is 0.566. The van der Waals surface area contributed by atoms with E-state index in [0.717, 1.165) is 32.7 Å². The first-order valence-corrected chi connectivity index (χ1v) is 7.68. The minimum atomic E-state index is -4.69. The fraction of sp³-hybridized carbons (Fsp3) is 0.222. The Kier molecular flexibility index (Phi) is 14.9. The molecule has 0 aliphatic carbocycles. The molecule has 0 aromatic heterocycles. The molecule has 0 saturated heterocycles. The van der Waals surface area contributed by atoms with E-state index in [-0.39, 0.29) is 5.48 Å². The summed E-state index contributed by atoms with van der Waals surface area (Å²) in [4.78, 5) is 9.00. The molecule has 4 N–H and O–H groups in total. The zero-order valence-electron chi connectivity index (χ0n) is 9.79. The van der Waals surface area contributed by atoms with Crippen molar-refractivity contribution in [2.75, 3.05) is 0 Å². The van der Waals surface area contributed by atoms with E-state index < -0.39 is 16.2 Å². The van der Waals surface area contributed by atoms with E-state index in [2.05, 4.69) is 31.2 Å². The number of aryl methyl sites for hydroxylation is 1. The topological polar surface area (TPSA) is 158 Å². The van der Waals surface area contributed by atoms with Crippen LogP contribution in [0.15, 0.2) is 24.3 Å². The van der Waals surface area contributed by atoms with E-state index in [1.807, 2.05) is 0 Å². The molecule has 1 aromatic rings. The van der Waals surface area contributed by atoms with Crippen LogP contribution in [-0.4, -0.2) is 47.0 Å². The quantitative estimate of drug-likeness (QED) is 0.365. The van der Waals surface area contributed by atoms with Crippen molar-refractivity contribution in [3.8, 4) is 0 Å². The Morgan fingerprint density at radius 1 is 1.22 bits per heavy atom. The van der Waals surface area contributed by atoms with Crippen LogP contribution in [-0.2, 0) is 4.79 Å². The standard InChI is InChI=1S/C7H7.C2H4O2.ClHO4.H2O.Tl/c1-7-5-3-2-4-6-7;1-2(3)4;2-1(3,4)5;;/h3-6H,1H3;1H3,(H,3,4);(H,2,3,4,5);1H2;. The first-order valence-electron chi connectivity index (χ1n) is 4.17. The molecule has 0 amide bonds. The summed E-state index contributed by atoms with van der Waals surface area (Å²) in [6, 6.07) is 8.71. The molecule has 0 aliphatic heterocycles. The molecular formula is C9H14ClO7Tl. The number of aliphatic carboxylic acids is 1. The van der Waals surface area contributed by atoms with Gasteiger partial charge in [-0.2, -0.15) is 14.0 Å². The SMILES string of the molecule is CC(=O)O.Cc1cc[c]([Tl])cc1.O.[O-][Cl+3]([O-])([O-])O. The zero-order valence-corrected chi connectivity index (χ0v) is 15.0. The maximum atomic E-state index is 9.00. The molecule has 9 heteroatoms. The van der Waals surface area contributed by atoms with Crippen molar-refractivity contribution in [3.63, 3.8) is 0 Å². The number of hydrogen-bond donors (Lipinski definition) is 2. The summed E-state index contributed by atoms with van der Waals surface area (Å²) in [7, 11) is -4.69. The van der Waals surface area contributed by atoms with E-state index in [9.17, 15) is 0 Å². The van der Waals surface area contributed by atoms with E-state index in [0.29, 0.717) is 0 Å². The first-order chi connectivity index (χ1) is 7.52. The summed E-state index contributed by atoms with van der Waals surface area (Å²) in [5.41, 5.74) is 1.36. The van der Waals surface area contributed by atoms with Gasteiger partial charge in [-0.1, -0.05) is 0 Å². The van der Waals surface area contributed by atoms with Crippen LogP contribution in [0.1, 0.15) is 12.5 Å². The van der Waals surface area contributed by atoms with Crippen molar-refractivity contribution >= 4 is 34.9 Å². The van der Waals surface area contributed by atoms with Crippen molar-refractivity contribution < 1.29 is 44.3 Å². The smallest absolute Gasteiger partial charge is 0.0777 e. The number of hydrogen-bond acceptors (Lipinski definition) is 5. The molecule has 0 spiro atoms. The van der Waals surface area contributed by atoms with Gasteiger partial charge in [0, 0.05) is 6.92 Å². The second-order valence-corrected chi connectivity index (χ2v) is 6.21. The molecular weight excluding hydrogens is 460 g/mol. The second-order valence-electron chi connectivity index (χ2n) is 2.83. The van der Waals surface area contributed by atoms with Crippen LogP contribution in [0.25, 0.3) is 0 Å². The molecule has 0 heterocycles. The van der Waals surface area contributed by atoms with Gasteiger partial charge in [-0.05, 0) is 0 Å². The van der Waals surface area contributed by atoms with E-state index >= 15 is 0 Å². The average Bonchev–Trinajstić information content (AvgIpc) is 2.06. The number of carbonyl (C=O) groups is 1. The number of rotatable bonds is 0. The predicted octanol–water partition coefficient (Wildman–Crippen LogP) is -4.07. The van der Waals surface area contributed by atoms with Gasteiger partial charge in [-0.25, -0.2) is 0 Å². The Morgan fingerprint density at radius 3 is 1.61 bits per heavy atom. The Labute approximate surface area is 122 Å². The van der Waals surface area contributed by atoms with E-state index in [4.69, 9.17) is 28.5 Å². The minimum absolute atomic E-state index is 0. The van der Waals surface area contributed by atoms with Crippen molar-refractivity contribution in [1.29, 1.82) is 0 Å². The molecule has 0 bridgehead atoms. The van der Waals surface area contributed by atoms with Gasteiger partial charge in [0.05, 0.1) is 14.9 Å². The van der Waals surface area contributed by atoms with Crippen LogP contribution in [0.4, 0.5) is 0 Å². The Morgan fingerprint density at radius 2 is 1.44 bits per heavy atom. The molecule has 7 nitrogen and oxygen atoms in total. The molecule has 102 valence electrons. The van der Waals surface area contributed by atoms with Crippen molar-refractivity contribution in [3.05, 3.63) is 29.8 Å². The maximum absolute atomic E-state index is 9.00. The normalized spacial score (nSPS) is 8.72. The van der Waals surface area contributed by atoms with Gasteiger partial charge in [0.2, 0.25) is 0 Å². The van der Waals surface area contributed by atoms with Crippen molar-refractivity contribution in [2.45, 2.75) is 13.8 Å². The van der Waals surface area contributed by atoms with Crippen molar-refractivity contribution in [1.82, 2.24) is 0 Å². The monoisotopic (exact) mass is 474 g/mol. The molecule has 18 heavy (non-hydrogen) atoms. The van der Waals surface area contributed by atoms with Gasteiger partial charge in [-0.3, -0.25) is 4.79 Å². The molecule has 1 aromatic carbocycles. The number of carboxylic acids is 1. The molecule has 0 radical (unpaired) electrons. The van der Waals surface area contributed by atoms with Gasteiger partial charge < -0.3 is 10.6 Å². The van der Waals surface area contributed by atoms with Crippen LogP contribution in [0.2, 0.25) is 0 Å². The van der Waals surface area contributed by atoms with Gasteiger partial charge in [0.15, 0.2) is 0 Å². The Hall–Kier alpha value is -0.298. The third kappa shape index (κ3) is 36.1. The average molecular weight is 474 g/mol. The molecule has 0 atom stereocenters. The third-order valence-electron chi connectivity index (χ3n) is 1.08. The van der Waals surface area contributed by atoms with Crippen LogP contribution < -0.4 is 17.1 Å². The van der Waals surface area contributed by atoms with Gasteiger partial charge in [-0.15, -0.1) is 0 Å². The van der Waals surface area contributed by atoms with Crippen LogP contribution in [0, 0.1) is 17.2 Å². The van der Waals surface area contributed by atoms with Crippen molar-refractivity contribution in [2.24, 2.45) is 0 Å². The summed E-state index contributed by atoms with van der Waals surface area (Å²) in [5.74, 6) is -0.833. The maximum Gasteiger partial charge on any atom is 0.0777 e. The summed E-state index contributed by atoms with van der Waals surface area (Å²) >= 11 is 0.987. The van der Waals surface area contributed by atoms with Crippen LogP contribution in [0.3, 0.4) is 0 Å². The molecule has 0 fully saturated rings. The van der Waals surface area contributed by atoms with Gasteiger partial charge in [0.1, 0.15) is 0 Å². The van der Waals surface area contributed by atoms with Gasteiger partial charge >= 0.3 is 65.6 Å². The molecule has 1 rings (SSSR count). The summed E-state index contributed by atoms with van der Waals surface area (Å²) in [6.45, 7) is 3.20. The second kappa shape index (κ2) is 11.8. The van der Waals surface area contributed by atoms with Crippen LogP contribution in [0.5, 0.6) is 0 Å². The fourth-order valence-corrected chi connectivity index (χ4v) is 1.31. The van der Waals surface area contributed by atoms with Gasteiger partial charge in [0.25, 0.3) is 5.97 Å². The molecule has 0 saturated carbocycles. The number of benzene rings is 1. The Balaban J connectivity index is -0.000000198. The zero-order chi connectivity index (χ0) is 14.1. The molecule has 0 aliphatic rings. The summed E-state index contributed by atoms with van der Waals surface area (Å²) in [5, 5.41) is 7.42. The summed E-state index contributed by atoms with van der Waals surface area (Å²) < 4.78 is 34.2. The molecule has 0 unspecified atom stereocenters. The third-order valence-corrected chi connectivity index (χ3v) is 2.57. The van der Waals surface area contributed by atoms with Crippen LogP contribution >= 0.6 is 0 Å². The summed E-state index contributed by atoms with van der Waals surface area (Å²) in [6.07, 6.45) is 0.